The Labute approximate surface area is 139 Å². The van der Waals surface area contributed by atoms with Gasteiger partial charge in [-0.2, -0.15) is 0 Å². The first kappa shape index (κ1) is 15.9. The van der Waals surface area contributed by atoms with Gasteiger partial charge in [0.2, 0.25) is 5.91 Å². The van der Waals surface area contributed by atoms with E-state index in [2.05, 4.69) is 4.90 Å². The van der Waals surface area contributed by atoms with Gasteiger partial charge in [-0.25, -0.2) is 0 Å². The molecule has 0 aromatic carbocycles. The molecule has 0 radical (unpaired) electrons. The number of carbonyl (C=O) groups excluding carboxylic acids is 1. The molecule has 130 valence electrons. The van der Waals surface area contributed by atoms with Gasteiger partial charge >= 0.3 is 0 Å². The smallest absolute Gasteiger partial charge is 0.248 e. The zero-order valence-electron chi connectivity index (χ0n) is 14.2. The summed E-state index contributed by atoms with van der Waals surface area (Å²) in [6.07, 6.45) is 9.87. The number of hydrogen-bond donors (Lipinski definition) is 0. The fourth-order valence-electron chi connectivity index (χ4n) is 4.81. The maximum atomic E-state index is 12.1. The van der Waals surface area contributed by atoms with Crippen molar-refractivity contribution in [2.45, 2.75) is 69.1 Å². The van der Waals surface area contributed by atoms with Crippen LogP contribution in [0.1, 0.15) is 51.4 Å². The average Bonchev–Trinajstić information content (AvgIpc) is 3.23. The second kappa shape index (κ2) is 6.69. The summed E-state index contributed by atoms with van der Waals surface area (Å²) in [5, 5.41) is 0. The third kappa shape index (κ3) is 3.42. The summed E-state index contributed by atoms with van der Waals surface area (Å²) >= 11 is 0. The molecule has 3 saturated heterocycles. The normalized spacial score (nSPS) is 31.7. The van der Waals surface area contributed by atoms with E-state index in [1.54, 1.807) is 0 Å². The van der Waals surface area contributed by atoms with Crippen molar-refractivity contribution < 1.29 is 14.3 Å². The quantitative estimate of drug-likeness (QED) is 0.791. The van der Waals surface area contributed by atoms with Crippen LogP contribution in [0.3, 0.4) is 0 Å². The number of nitrogens with zero attached hydrogens (tertiary/aromatic N) is 2. The van der Waals surface area contributed by atoms with E-state index in [-0.39, 0.29) is 24.2 Å². The van der Waals surface area contributed by atoms with Crippen molar-refractivity contribution >= 4 is 5.91 Å². The minimum atomic E-state index is 0.0161. The highest BCUT2D eigenvalue weighted by Crippen LogP contribution is 2.39. The lowest BCUT2D eigenvalue weighted by Crippen LogP contribution is -2.67. The summed E-state index contributed by atoms with van der Waals surface area (Å²) in [7, 11) is 0. The minimum Gasteiger partial charge on any atom is -0.372 e. The standard InChI is InChI=1S/C18H30N2O3/c21-17(19-8-3-4-9-19)12-22-16-7-10-23-18(11-16)13-20(14-18)15-5-1-2-6-15/h15-16H,1-14H2/t16-/m0/s1. The molecule has 5 heteroatoms. The van der Waals surface area contributed by atoms with Crippen molar-refractivity contribution in [3.8, 4) is 0 Å². The average molecular weight is 322 g/mol. The lowest BCUT2D eigenvalue weighted by atomic mass is 9.83. The van der Waals surface area contributed by atoms with Crippen molar-refractivity contribution in [3.63, 3.8) is 0 Å². The van der Waals surface area contributed by atoms with Crippen LogP contribution in [-0.4, -0.2) is 72.8 Å². The van der Waals surface area contributed by atoms with E-state index in [9.17, 15) is 4.79 Å². The van der Waals surface area contributed by atoms with E-state index in [1.807, 2.05) is 4.90 Å². The first-order chi connectivity index (χ1) is 11.2. The molecule has 1 saturated carbocycles. The molecule has 1 spiro atoms. The summed E-state index contributed by atoms with van der Waals surface area (Å²) in [4.78, 5) is 16.7. The number of carbonyl (C=O) groups is 1. The molecule has 1 amide bonds. The maximum Gasteiger partial charge on any atom is 0.248 e. The molecule has 5 nitrogen and oxygen atoms in total. The minimum absolute atomic E-state index is 0.0161. The van der Waals surface area contributed by atoms with Crippen LogP contribution in [0.15, 0.2) is 0 Å². The van der Waals surface area contributed by atoms with Gasteiger partial charge in [0.25, 0.3) is 0 Å². The highest BCUT2D eigenvalue weighted by Gasteiger charge is 2.49. The summed E-state index contributed by atoms with van der Waals surface area (Å²) < 4.78 is 12.1. The van der Waals surface area contributed by atoms with Crippen LogP contribution in [0.5, 0.6) is 0 Å². The first-order valence-corrected chi connectivity index (χ1v) is 9.52. The van der Waals surface area contributed by atoms with Gasteiger partial charge in [0.05, 0.1) is 11.7 Å². The van der Waals surface area contributed by atoms with Gasteiger partial charge in [-0.15, -0.1) is 0 Å². The second-order valence-electron chi connectivity index (χ2n) is 7.89. The Morgan fingerprint density at radius 3 is 2.57 bits per heavy atom. The number of hydrogen-bond acceptors (Lipinski definition) is 4. The van der Waals surface area contributed by atoms with E-state index in [0.29, 0.717) is 0 Å². The highest BCUT2D eigenvalue weighted by molar-refractivity contribution is 5.77. The monoisotopic (exact) mass is 322 g/mol. The van der Waals surface area contributed by atoms with E-state index in [4.69, 9.17) is 9.47 Å². The molecule has 23 heavy (non-hydrogen) atoms. The topological polar surface area (TPSA) is 42.0 Å². The fraction of sp³-hybridized carbons (Fsp3) is 0.944. The molecule has 1 atom stereocenters. The van der Waals surface area contributed by atoms with Crippen LogP contribution in [-0.2, 0) is 14.3 Å². The molecule has 4 aliphatic rings. The van der Waals surface area contributed by atoms with Gasteiger partial charge in [0.15, 0.2) is 0 Å². The van der Waals surface area contributed by atoms with Crippen molar-refractivity contribution in [3.05, 3.63) is 0 Å². The number of rotatable bonds is 4. The largest absolute Gasteiger partial charge is 0.372 e. The molecule has 0 bridgehead atoms. The van der Waals surface area contributed by atoms with E-state index < -0.39 is 0 Å². The molecule has 0 unspecified atom stereocenters. The Morgan fingerprint density at radius 2 is 1.83 bits per heavy atom. The van der Waals surface area contributed by atoms with Crippen LogP contribution < -0.4 is 0 Å². The van der Waals surface area contributed by atoms with E-state index >= 15 is 0 Å². The summed E-state index contributed by atoms with van der Waals surface area (Å²) in [5.74, 6) is 0.171. The molecule has 0 aromatic heterocycles. The van der Waals surface area contributed by atoms with Gasteiger partial charge in [0.1, 0.15) is 6.61 Å². The van der Waals surface area contributed by atoms with Crippen LogP contribution in [0.4, 0.5) is 0 Å². The van der Waals surface area contributed by atoms with Crippen LogP contribution in [0, 0.1) is 0 Å². The molecular formula is C18H30N2O3. The van der Waals surface area contributed by atoms with Crippen LogP contribution >= 0.6 is 0 Å². The van der Waals surface area contributed by atoms with Crippen LogP contribution in [0.25, 0.3) is 0 Å². The Balaban J connectivity index is 1.22. The second-order valence-corrected chi connectivity index (χ2v) is 7.89. The SMILES string of the molecule is O=C(CO[C@H]1CCOC2(C1)CN(C1CCCC1)C2)N1CCCC1. The zero-order valence-corrected chi connectivity index (χ0v) is 14.2. The molecular weight excluding hydrogens is 292 g/mol. The molecule has 0 N–H and O–H groups in total. The Kier molecular flexibility index (Phi) is 4.61. The predicted molar refractivity (Wildman–Crippen MR) is 87.3 cm³/mol. The third-order valence-electron chi connectivity index (χ3n) is 6.17. The van der Waals surface area contributed by atoms with E-state index in [0.717, 1.165) is 64.5 Å². The molecule has 3 aliphatic heterocycles. The number of likely N-dealkylation sites (tertiary alicyclic amines) is 2. The third-order valence-corrected chi connectivity index (χ3v) is 6.17. The van der Waals surface area contributed by atoms with Gasteiger partial charge in [-0.3, -0.25) is 9.69 Å². The number of amides is 1. The van der Waals surface area contributed by atoms with Gasteiger partial charge in [-0.05, 0) is 32.1 Å². The van der Waals surface area contributed by atoms with Crippen molar-refractivity contribution in [2.24, 2.45) is 0 Å². The van der Waals surface area contributed by atoms with E-state index in [1.165, 1.54) is 25.7 Å². The van der Waals surface area contributed by atoms with Crippen molar-refractivity contribution in [1.82, 2.24) is 9.80 Å². The molecule has 4 fully saturated rings. The van der Waals surface area contributed by atoms with Crippen LogP contribution in [0.2, 0.25) is 0 Å². The molecule has 4 rings (SSSR count). The lowest BCUT2D eigenvalue weighted by Gasteiger charge is -2.55. The Hall–Kier alpha value is -0.650. The lowest BCUT2D eigenvalue weighted by molar-refractivity contribution is -0.205. The van der Waals surface area contributed by atoms with Gasteiger partial charge in [-0.1, -0.05) is 12.8 Å². The summed E-state index contributed by atoms with van der Waals surface area (Å²) in [6, 6.07) is 0.794. The summed E-state index contributed by atoms with van der Waals surface area (Å²) in [5.41, 5.74) is 0.0161. The van der Waals surface area contributed by atoms with Crippen molar-refractivity contribution in [2.75, 3.05) is 39.4 Å². The maximum absolute atomic E-state index is 12.1. The molecule has 0 aromatic rings. The summed E-state index contributed by atoms with van der Waals surface area (Å²) in [6.45, 7) is 5.00. The van der Waals surface area contributed by atoms with Gasteiger partial charge < -0.3 is 14.4 Å². The fourth-order valence-corrected chi connectivity index (χ4v) is 4.81. The molecule has 1 aliphatic carbocycles. The first-order valence-electron chi connectivity index (χ1n) is 9.52. The Morgan fingerprint density at radius 1 is 1.09 bits per heavy atom. The van der Waals surface area contributed by atoms with Crippen molar-refractivity contribution in [1.29, 1.82) is 0 Å². The number of ether oxygens (including phenoxy) is 2. The van der Waals surface area contributed by atoms with Gasteiger partial charge in [0, 0.05) is 45.2 Å². The zero-order chi connectivity index (χ0) is 15.7. The highest BCUT2D eigenvalue weighted by atomic mass is 16.5. The molecule has 3 heterocycles. The predicted octanol–water partition coefficient (Wildman–Crippen LogP) is 1.80. The Bertz CT molecular complexity index is 424.